The van der Waals surface area contributed by atoms with Crippen LogP contribution in [0.15, 0.2) is 48.5 Å². The molecule has 1 atom stereocenters. The second-order valence-corrected chi connectivity index (χ2v) is 7.47. The topological polar surface area (TPSA) is 74.4 Å². The van der Waals surface area contributed by atoms with E-state index in [9.17, 15) is 9.59 Å². The smallest absolute Gasteiger partial charge is 0.321 e. The standard InChI is InChI=1S/C22H26N4O4/c1-29-19-8-6-16(7-9-19)13-25-15-18-14-24(10-11-26(18)22(25)28)21(27)23-17-4-3-5-20(12-17)30-2/h3-9,12,18H,10-11,13-15H2,1-2H3,(H,23,27)/t18-/m1/s1. The average molecular weight is 410 g/mol. The van der Waals surface area contributed by atoms with Crippen molar-refractivity contribution in [3.63, 3.8) is 0 Å². The largest absolute Gasteiger partial charge is 0.497 e. The molecule has 2 aliphatic heterocycles. The quantitative estimate of drug-likeness (QED) is 0.823. The minimum absolute atomic E-state index is 0.000517. The van der Waals surface area contributed by atoms with Gasteiger partial charge in [0.05, 0.1) is 20.3 Å². The summed E-state index contributed by atoms with van der Waals surface area (Å²) in [5, 5.41) is 2.92. The van der Waals surface area contributed by atoms with E-state index in [1.807, 2.05) is 52.3 Å². The van der Waals surface area contributed by atoms with E-state index in [-0.39, 0.29) is 18.1 Å². The molecule has 1 N–H and O–H groups in total. The molecule has 2 fully saturated rings. The number of fused-ring (bicyclic) bond motifs is 1. The van der Waals surface area contributed by atoms with Gasteiger partial charge in [-0.3, -0.25) is 0 Å². The first-order chi connectivity index (χ1) is 14.6. The number of methoxy groups -OCH3 is 2. The summed E-state index contributed by atoms with van der Waals surface area (Å²) in [6, 6.07) is 14.9. The van der Waals surface area contributed by atoms with Crippen LogP contribution < -0.4 is 14.8 Å². The Balaban J connectivity index is 1.36. The Hall–Kier alpha value is -3.42. The van der Waals surface area contributed by atoms with Gasteiger partial charge in [-0.1, -0.05) is 18.2 Å². The molecule has 0 aliphatic carbocycles. The zero-order valence-corrected chi connectivity index (χ0v) is 17.2. The summed E-state index contributed by atoms with van der Waals surface area (Å²) in [4.78, 5) is 31.0. The normalized spacial score (nSPS) is 18.3. The molecule has 0 saturated carbocycles. The van der Waals surface area contributed by atoms with Gasteiger partial charge < -0.3 is 29.5 Å². The summed E-state index contributed by atoms with van der Waals surface area (Å²) >= 11 is 0. The molecule has 8 heteroatoms. The van der Waals surface area contributed by atoms with Crippen LogP contribution in [-0.4, -0.2) is 73.2 Å². The van der Waals surface area contributed by atoms with Gasteiger partial charge in [0.15, 0.2) is 0 Å². The first-order valence-corrected chi connectivity index (χ1v) is 9.96. The minimum atomic E-state index is -0.163. The Bertz CT molecular complexity index is 918. The summed E-state index contributed by atoms with van der Waals surface area (Å²) in [5.41, 5.74) is 1.74. The molecule has 2 aromatic rings. The number of hydrogen-bond acceptors (Lipinski definition) is 4. The first kappa shape index (κ1) is 19.9. The monoisotopic (exact) mass is 410 g/mol. The van der Waals surface area contributed by atoms with Gasteiger partial charge in [-0.05, 0) is 29.8 Å². The van der Waals surface area contributed by atoms with Crippen LogP contribution in [0.3, 0.4) is 0 Å². The zero-order valence-electron chi connectivity index (χ0n) is 17.2. The van der Waals surface area contributed by atoms with Crippen LogP contribution in [0.25, 0.3) is 0 Å². The molecule has 0 bridgehead atoms. The van der Waals surface area contributed by atoms with E-state index in [0.29, 0.717) is 44.2 Å². The number of urea groups is 2. The SMILES string of the molecule is COc1ccc(CN2C[C@H]3CN(C(=O)Nc4cccc(OC)c4)CCN3C2=O)cc1. The number of anilines is 1. The Labute approximate surface area is 176 Å². The maximum absolute atomic E-state index is 12.8. The van der Waals surface area contributed by atoms with Crippen molar-refractivity contribution in [3.05, 3.63) is 54.1 Å². The van der Waals surface area contributed by atoms with Gasteiger partial charge in [-0.2, -0.15) is 0 Å². The molecule has 8 nitrogen and oxygen atoms in total. The van der Waals surface area contributed by atoms with E-state index in [1.54, 1.807) is 25.2 Å². The molecular weight excluding hydrogens is 384 g/mol. The minimum Gasteiger partial charge on any atom is -0.497 e. The summed E-state index contributed by atoms with van der Waals surface area (Å²) in [6.45, 7) is 2.71. The van der Waals surface area contributed by atoms with Crippen LogP contribution >= 0.6 is 0 Å². The van der Waals surface area contributed by atoms with E-state index in [4.69, 9.17) is 9.47 Å². The molecule has 158 valence electrons. The van der Waals surface area contributed by atoms with Crippen molar-refractivity contribution in [2.24, 2.45) is 0 Å². The second-order valence-electron chi connectivity index (χ2n) is 7.47. The van der Waals surface area contributed by atoms with Gasteiger partial charge in [0.25, 0.3) is 0 Å². The Morgan fingerprint density at radius 1 is 1.03 bits per heavy atom. The first-order valence-electron chi connectivity index (χ1n) is 9.96. The third kappa shape index (κ3) is 4.12. The highest BCUT2D eigenvalue weighted by Gasteiger charge is 2.41. The van der Waals surface area contributed by atoms with Gasteiger partial charge >= 0.3 is 12.1 Å². The fourth-order valence-corrected chi connectivity index (χ4v) is 3.95. The van der Waals surface area contributed by atoms with Crippen LogP contribution in [-0.2, 0) is 6.54 Å². The molecule has 0 spiro atoms. The number of benzene rings is 2. The van der Waals surface area contributed by atoms with Crippen molar-refractivity contribution in [1.82, 2.24) is 14.7 Å². The summed E-state index contributed by atoms with van der Waals surface area (Å²) in [5.74, 6) is 1.48. The lowest BCUT2D eigenvalue weighted by Gasteiger charge is -2.36. The maximum atomic E-state index is 12.8. The number of carbonyl (C=O) groups excluding carboxylic acids is 2. The Morgan fingerprint density at radius 3 is 2.53 bits per heavy atom. The van der Waals surface area contributed by atoms with Crippen LogP contribution in [0.1, 0.15) is 5.56 Å². The Morgan fingerprint density at radius 2 is 1.80 bits per heavy atom. The number of ether oxygens (including phenoxy) is 2. The maximum Gasteiger partial charge on any atom is 0.321 e. The third-order valence-corrected chi connectivity index (χ3v) is 5.57. The molecule has 2 aliphatic rings. The number of nitrogens with zero attached hydrogens (tertiary/aromatic N) is 3. The number of nitrogens with one attached hydrogen (secondary N) is 1. The fraction of sp³-hybridized carbons (Fsp3) is 0.364. The molecule has 4 amide bonds. The molecule has 0 unspecified atom stereocenters. The number of amides is 4. The highest BCUT2D eigenvalue weighted by molar-refractivity contribution is 5.90. The molecule has 30 heavy (non-hydrogen) atoms. The van der Waals surface area contributed by atoms with Crippen molar-refractivity contribution in [3.8, 4) is 11.5 Å². The fourth-order valence-electron chi connectivity index (χ4n) is 3.95. The lowest BCUT2D eigenvalue weighted by Crippen LogP contribution is -2.54. The molecular formula is C22H26N4O4. The molecule has 4 rings (SSSR count). The number of carbonyl (C=O) groups is 2. The lowest BCUT2D eigenvalue weighted by atomic mass is 10.2. The van der Waals surface area contributed by atoms with Crippen molar-refractivity contribution >= 4 is 17.7 Å². The van der Waals surface area contributed by atoms with E-state index in [1.165, 1.54) is 0 Å². The molecule has 2 saturated heterocycles. The van der Waals surface area contributed by atoms with Gasteiger partial charge in [0.2, 0.25) is 0 Å². The number of rotatable bonds is 5. The van der Waals surface area contributed by atoms with Gasteiger partial charge in [0.1, 0.15) is 11.5 Å². The van der Waals surface area contributed by atoms with Crippen LogP contribution in [0.2, 0.25) is 0 Å². The molecule has 2 heterocycles. The van der Waals surface area contributed by atoms with Gasteiger partial charge in [0, 0.05) is 44.5 Å². The van der Waals surface area contributed by atoms with Crippen molar-refractivity contribution in [2.45, 2.75) is 12.6 Å². The summed E-state index contributed by atoms with van der Waals surface area (Å²) in [7, 11) is 3.22. The predicted molar refractivity (Wildman–Crippen MR) is 113 cm³/mol. The van der Waals surface area contributed by atoms with Crippen molar-refractivity contribution in [2.75, 3.05) is 45.7 Å². The van der Waals surface area contributed by atoms with E-state index in [2.05, 4.69) is 5.32 Å². The van der Waals surface area contributed by atoms with Crippen LogP contribution in [0.4, 0.5) is 15.3 Å². The number of hydrogen-bond donors (Lipinski definition) is 1. The van der Waals surface area contributed by atoms with Crippen LogP contribution in [0.5, 0.6) is 11.5 Å². The second kappa shape index (κ2) is 8.52. The van der Waals surface area contributed by atoms with Gasteiger partial charge in [-0.25, -0.2) is 9.59 Å². The highest BCUT2D eigenvalue weighted by atomic mass is 16.5. The van der Waals surface area contributed by atoms with Crippen molar-refractivity contribution < 1.29 is 19.1 Å². The van der Waals surface area contributed by atoms with Crippen molar-refractivity contribution in [1.29, 1.82) is 0 Å². The zero-order chi connectivity index (χ0) is 21.1. The van der Waals surface area contributed by atoms with Crippen LogP contribution in [0, 0.1) is 0 Å². The summed E-state index contributed by atoms with van der Waals surface area (Å²) in [6.07, 6.45) is 0. The predicted octanol–water partition coefficient (Wildman–Crippen LogP) is 2.86. The molecule has 0 aromatic heterocycles. The highest BCUT2D eigenvalue weighted by Crippen LogP contribution is 2.24. The average Bonchev–Trinajstić information content (AvgIpc) is 3.09. The van der Waals surface area contributed by atoms with E-state index >= 15 is 0 Å². The van der Waals surface area contributed by atoms with Gasteiger partial charge in [-0.15, -0.1) is 0 Å². The summed E-state index contributed by atoms with van der Waals surface area (Å²) < 4.78 is 10.4. The third-order valence-electron chi connectivity index (χ3n) is 5.57. The number of piperazine rings is 1. The Kier molecular flexibility index (Phi) is 5.65. The molecule has 0 radical (unpaired) electrons. The van der Waals surface area contributed by atoms with E-state index < -0.39 is 0 Å². The lowest BCUT2D eigenvalue weighted by molar-refractivity contribution is 0.135. The van der Waals surface area contributed by atoms with E-state index in [0.717, 1.165) is 11.3 Å². The molecule has 2 aromatic carbocycles.